The van der Waals surface area contributed by atoms with Gasteiger partial charge in [-0.1, -0.05) is 0 Å². The van der Waals surface area contributed by atoms with Crippen LogP contribution in [0.25, 0.3) is 11.0 Å². The lowest BCUT2D eigenvalue weighted by molar-refractivity contribution is 1.02. The van der Waals surface area contributed by atoms with E-state index in [0.717, 1.165) is 28.2 Å². The molecule has 0 radical (unpaired) electrons. The summed E-state index contributed by atoms with van der Waals surface area (Å²) >= 11 is 0. The summed E-state index contributed by atoms with van der Waals surface area (Å²) in [5, 5.41) is 8.00. The fourth-order valence-corrected chi connectivity index (χ4v) is 1.41. The Labute approximate surface area is 70.0 Å². The standard InChI is InChI=1S/C8H10N4/c1-4-7-5(2)11-12-8(7)10-6(3)9-4/h1-3H3,(H,9,10,11,12). The first-order chi connectivity index (χ1) is 5.68. The molecule has 1 N–H and O–H groups in total. The van der Waals surface area contributed by atoms with Gasteiger partial charge in [-0.25, -0.2) is 9.97 Å². The van der Waals surface area contributed by atoms with Gasteiger partial charge in [0.1, 0.15) is 5.82 Å². The van der Waals surface area contributed by atoms with Gasteiger partial charge < -0.3 is 0 Å². The fraction of sp³-hybridized carbons (Fsp3) is 0.375. The van der Waals surface area contributed by atoms with Gasteiger partial charge in [-0.3, -0.25) is 5.10 Å². The third kappa shape index (κ3) is 0.879. The minimum absolute atomic E-state index is 0.762. The third-order valence-corrected chi connectivity index (χ3v) is 1.89. The molecule has 12 heavy (non-hydrogen) atoms. The molecule has 0 aromatic carbocycles. The zero-order valence-electron chi connectivity index (χ0n) is 7.34. The predicted octanol–water partition coefficient (Wildman–Crippen LogP) is 1.28. The van der Waals surface area contributed by atoms with E-state index in [0.29, 0.717) is 0 Å². The van der Waals surface area contributed by atoms with Crippen LogP contribution in [0.3, 0.4) is 0 Å². The highest BCUT2D eigenvalue weighted by atomic mass is 15.2. The van der Waals surface area contributed by atoms with Gasteiger partial charge in [0.05, 0.1) is 11.1 Å². The second-order valence-electron chi connectivity index (χ2n) is 2.90. The van der Waals surface area contributed by atoms with Crippen molar-refractivity contribution in [3.05, 3.63) is 17.2 Å². The van der Waals surface area contributed by atoms with Crippen molar-refractivity contribution in [1.29, 1.82) is 0 Å². The zero-order chi connectivity index (χ0) is 8.72. The number of hydrogen-bond donors (Lipinski definition) is 1. The molecule has 0 unspecified atom stereocenters. The van der Waals surface area contributed by atoms with Crippen molar-refractivity contribution in [2.45, 2.75) is 20.8 Å². The van der Waals surface area contributed by atoms with Crippen LogP contribution in [0.2, 0.25) is 0 Å². The summed E-state index contributed by atoms with van der Waals surface area (Å²) in [6.07, 6.45) is 0. The number of H-pyrrole nitrogens is 1. The lowest BCUT2D eigenvalue weighted by Crippen LogP contribution is -1.91. The second kappa shape index (κ2) is 2.27. The van der Waals surface area contributed by atoms with Crippen molar-refractivity contribution in [3.8, 4) is 0 Å². The van der Waals surface area contributed by atoms with Crippen LogP contribution in [0.5, 0.6) is 0 Å². The van der Waals surface area contributed by atoms with Gasteiger partial charge in [0.2, 0.25) is 0 Å². The summed E-state index contributed by atoms with van der Waals surface area (Å²) < 4.78 is 0. The van der Waals surface area contributed by atoms with Gasteiger partial charge in [-0.15, -0.1) is 0 Å². The van der Waals surface area contributed by atoms with Crippen molar-refractivity contribution in [2.75, 3.05) is 0 Å². The average molecular weight is 162 g/mol. The molecular weight excluding hydrogens is 152 g/mol. The summed E-state index contributed by atoms with van der Waals surface area (Å²) in [4.78, 5) is 8.47. The van der Waals surface area contributed by atoms with Crippen molar-refractivity contribution >= 4 is 11.0 Å². The molecule has 2 rings (SSSR count). The molecule has 0 aliphatic rings. The Morgan fingerprint density at radius 1 is 1.08 bits per heavy atom. The topological polar surface area (TPSA) is 54.5 Å². The Bertz CT molecular complexity index is 430. The fourth-order valence-electron chi connectivity index (χ4n) is 1.41. The van der Waals surface area contributed by atoms with Crippen LogP contribution in [0.1, 0.15) is 17.2 Å². The van der Waals surface area contributed by atoms with Gasteiger partial charge in [0, 0.05) is 5.69 Å². The van der Waals surface area contributed by atoms with Crippen molar-refractivity contribution in [2.24, 2.45) is 0 Å². The van der Waals surface area contributed by atoms with E-state index in [1.54, 1.807) is 0 Å². The van der Waals surface area contributed by atoms with Gasteiger partial charge >= 0.3 is 0 Å². The SMILES string of the molecule is Cc1nc(C)c2c(C)[nH]nc2n1. The van der Waals surface area contributed by atoms with E-state index in [4.69, 9.17) is 0 Å². The van der Waals surface area contributed by atoms with E-state index in [1.165, 1.54) is 0 Å². The van der Waals surface area contributed by atoms with Gasteiger partial charge in [0.15, 0.2) is 5.65 Å². The van der Waals surface area contributed by atoms with Gasteiger partial charge in [-0.05, 0) is 20.8 Å². The normalized spacial score (nSPS) is 10.9. The summed E-state index contributed by atoms with van der Waals surface area (Å²) in [5.74, 6) is 0.770. The number of hydrogen-bond acceptors (Lipinski definition) is 3. The van der Waals surface area contributed by atoms with E-state index >= 15 is 0 Å². The molecule has 4 heteroatoms. The lowest BCUT2D eigenvalue weighted by Gasteiger charge is -1.96. The monoisotopic (exact) mass is 162 g/mol. The molecule has 0 saturated heterocycles. The highest BCUT2D eigenvalue weighted by molar-refractivity contribution is 5.79. The highest BCUT2D eigenvalue weighted by Crippen LogP contribution is 2.15. The molecule has 0 aliphatic heterocycles. The van der Waals surface area contributed by atoms with Crippen molar-refractivity contribution in [3.63, 3.8) is 0 Å². The number of aryl methyl sites for hydroxylation is 3. The molecule has 0 spiro atoms. The van der Waals surface area contributed by atoms with Crippen LogP contribution in [-0.2, 0) is 0 Å². The Kier molecular flexibility index (Phi) is 1.36. The molecule has 0 saturated carbocycles. The maximum absolute atomic E-state index is 4.26. The van der Waals surface area contributed by atoms with Crippen LogP contribution in [0.4, 0.5) is 0 Å². The van der Waals surface area contributed by atoms with E-state index in [1.807, 2.05) is 20.8 Å². The van der Waals surface area contributed by atoms with E-state index in [-0.39, 0.29) is 0 Å². The molecule has 2 aromatic heterocycles. The predicted molar refractivity (Wildman–Crippen MR) is 45.9 cm³/mol. The first kappa shape index (κ1) is 7.21. The molecular formula is C8H10N4. The Hall–Kier alpha value is -1.45. The number of nitrogens with one attached hydrogen (secondary N) is 1. The third-order valence-electron chi connectivity index (χ3n) is 1.89. The first-order valence-corrected chi connectivity index (χ1v) is 3.84. The molecule has 0 aliphatic carbocycles. The number of aromatic amines is 1. The Morgan fingerprint density at radius 3 is 2.58 bits per heavy atom. The number of rotatable bonds is 0. The highest BCUT2D eigenvalue weighted by Gasteiger charge is 2.06. The van der Waals surface area contributed by atoms with Crippen LogP contribution < -0.4 is 0 Å². The molecule has 0 amide bonds. The maximum Gasteiger partial charge on any atom is 0.184 e. The summed E-state index contributed by atoms with van der Waals surface area (Å²) in [6.45, 7) is 5.82. The summed E-state index contributed by atoms with van der Waals surface area (Å²) in [6, 6.07) is 0. The number of fused-ring (bicyclic) bond motifs is 1. The average Bonchev–Trinajstić information content (AvgIpc) is 2.31. The molecule has 2 heterocycles. The summed E-state index contributed by atoms with van der Waals surface area (Å²) in [7, 11) is 0. The van der Waals surface area contributed by atoms with Gasteiger partial charge in [-0.2, -0.15) is 5.10 Å². The van der Waals surface area contributed by atoms with Crippen LogP contribution in [0.15, 0.2) is 0 Å². The molecule has 0 fully saturated rings. The van der Waals surface area contributed by atoms with Crippen LogP contribution in [0, 0.1) is 20.8 Å². The lowest BCUT2D eigenvalue weighted by atomic mass is 10.2. The molecule has 0 bridgehead atoms. The summed E-state index contributed by atoms with van der Waals surface area (Å²) in [5.41, 5.74) is 2.78. The van der Waals surface area contributed by atoms with Crippen LogP contribution in [-0.4, -0.2) is 20.2 Å². The largest absolute Gasteiger partial charge is 0.280 e. The van der Waals surface area contributed by atoms with Gasteiger partial charge in [0.25, 0.3) is 0 Å². The Morgan fingerprint density at radius 2 is 1.83 bits per heavy atom. The molecule has 0 atom stereocenters. The van der Waals surface area contributed by atoms with E-state index < -0.39 is 0 Å². The number of aromatic nitrogens is 4. The Balaban J connectivity index is 2.93. The quantitative estimate of drug-likeness (QED) is 0.634. The van der Waals surface area contributed by atoms with Crippen molar-refractivity contribution in [1.82, 2.24) is 20.2 Å². The van der Waals surface area contributed by atoms with E-state index in [2.05, 4.69) is 20.2 Å². The first-order valence-electron chi connectivity index (χ1n) is 3.84. The minimum Gasteiger partial charge on any atom is -0.280 e. The van der Waals surface area contributed by atoms with E-state index in [9.17, 15) is 0 Å². The minimum atomic E-state index is 0.762. The maximum atomic E-state index is 4.26. The smallest absolute Gasteiger partial charge is 0.184 e. The molecule has 62 valence electrons. The zero-order valence-corrected chi connectivity index (χ0v) is 7.34. The van der Waals surface area contributed by atoms with Crippen molar-refractivity contribution < 1.29 is 0 Å². The molecule has 4 nitrogen and oxygen atoms in total. The molecule has 2 aromatic rings. The second-order valence-corrected chi connectivity index (χ2v) is 2.90. The number of nitrogens with zero attached hydrogens (tertiary/aromatic N) is 3. The van der Waals surface area contributed by atoms with Crippen LogP contribution >= 0.6 is 0 Å².